The van der Waals surface area contributed by atoms with Crippen molar-refractivity contribution in [2.75, 3.05) is 16.8 Å². The quantitative estimate of drug-likeness (QED) is 0.624. The first-order chi connectivity index (χ1) is 13.1. The van der Waals surface area contributed by atoms with Crippen molar-refractivity contribution < 1.29 is 9.59 Å². The number of rotatable bonds is 8. The number of anilines is 2. The standard InChI is InChI=1S/C21H21N3O2S/c22-21(26)17-6-8-18(9-7-17)23-20(25)10-12-24(14-16-11-13-27-15-16)19-4-2-1-3-5-19/h1-9,11,13,15H,10,12,14H2,(H2,22,26)(H,23,25). The number of hydrogen-bond donors (Lipinski definition) is 2. The van der Waals surface area contributed by atoms with Gasteiger partial charge in [-0.05, 0) is 58.8 Å². The number of nitrogens with one attached hydrogen (secondary N) is 1. The Balaban J connectivity index is 1.60. The molecule has 3 aromatic rings. The van der Waals surface area contributed by atoms with E-state index in [1.54, 1.807) is 35.6 Å². The highest BCUT2D eigenvalue weighted by Crippen LogP contribution is 2.19. The Bertz CT molecular complexity index is 878. The molecule has 0 aliphatic carbocycles. The fourth-order valence-corrected chi connectivity index (χ4v) is 3.38. The second kappa shape index (κ2) is 9.00. The third-order valence-electron chi connectivity index (χ3n) is 4.14. The molecule has 1 aromatic heterocycles. The average Bonchev–Trinajstić information content (AvgIpc) is 3.19. The molecule has 0 aliphatic heterocycles. The normalized spacial score (nSPS) is 10.4. The zero-order chi connectivity index (χ0) is 19.1. The Kier molecular flexibility index (Phi) is 6.22. The molecule has 3 N–H and O–H groups in total. The zero-order valence-electron chi connectivity index (χ0n) is 14.8. The van der Waals surface area contributed by atoms with Gasteiger partial charge in [0.2, 0.25) is 11.8 Å². The first kappa shape index (κ1) is 18.7. The van der Waals surface area contributed by atoms with Gasteiger partial charge in [0, 0.05) is 36.4 Å². The van der Waals surface area contributed by atoms with E-state index in [-0.39, 0.29) is 5.91 Å². The predicted octanol–water partition coefficient (Wildman–Crippen LogP) is 3.88. The van der Waals surface area contributed by atoms with Crippen molar-refractivity contribution in [1.82, 2.24) is 0 Å². The number of para-hydroxylation sites is 1. The molecular formula is C21H21N3O2S. The van der Waals surface area contributed by atoms with Crippen LogP contribution < -0.4 is 16.0 Å². The van der Waals surface area contributed by atoms with Gasteiger partial charge in [0.05, 0.1) is 0 Å². The molecule has 1 heterocycles. The molecule has 0 unspecified atom stereocenters. The highest BCUT2D eigenvalue weighted by molar-refractivity contribution is 7.07. The zero-order valence-corrected chi connectivity index (χ0v) is 15.6. The van der Waals surface area contributed by atoms with Crippen molar-refractivity contribution in [3.05, 3.63) is 82.6 Å². The lowest BCUT2D eigenvalue weighted by Crippen LogP contribution is -2.27. The van der Waals surface area contributed by atoms with E-state index in [1.165, 1.54) is 5.56 Å². The fourth-order valence-electron chi connectivity index (χ4n) is 2.72. The van der Waals surface area contributed by atoms with Crippen LogP contribution in [0.25, 0.3) is 0 Å². The lowest BCUT2D eigenvalue weighted by atomic mass is 10.2. The molecule has 6 heteroatoms. The summed E-state index contributed by atoms with van der Waals surface area (Å²) in [6.07, 6.45) is 0.358. The maximum Gasteiger partial charge on any atom is 0.248 e. The molecule has 0 saturated heterocycles. The summed E-state index contributed by atoms with van der Waals surface area (Å²) in [5, 5.41) is 7.04. The molecule has 2 amide bonds. The van der Waals surface area contributed by atoms with Crippen molar-refractivity contribution in [2.24, 2.45) is 5.73 Å². The van der Waals surface area contributed by atoms with Crippen LogP contribution in [0.1, 0.15) is 22.3 Å². The molecule has 0 atom stereocenters. The summed E-state index contributed by atoms with van der Waals surface area (Å²) < 4.78 is 0. The van der Waals surface area contributed by atoms with Gasteiger partial charge in [-0.2, -0.15) is 11.3 Å². The van der Waals surface area contributed by atoms with Crippen LogP contribution in [0.2, 0.25) is 0 Å². The highest BCUT2D eigenvalue weighted by atomic mass is 32.1. The van der Waals surface area contributed by atoms with Crippen molar-refractivity contribution >= 4 is 34.5 Å². The molecule has 0 aliphatic rings. The number of nitrogens with zero attached hydrogens (tertiary/aromatic N) is 1. The summed E-state index contributed by atoms with van der Waals surface area (Å²) in [4.78, 5) is 25.6. The van der Waals surface area contributed by atoms with Crippen LogP contribution in [-0.2, 0) is 11.3 Å². The minimum atomic E-state index is -0.486. The molecule has 5 nitrogen and oxygen atoms in total. The van der Waals surface area contributed by atoms with E-state index >= 15 is 0 Å². The van der Waals surface area contributed by atoms with E-state index in [9.17, 15) is 9.59 Å². The second-order valence-electron chi connectivity index (χ2n) is 6.13. The maximum absolute atomic E-state index is 12.3. The maximum atomic E-state index is 12.3. The van der Waals surface area contributed by atoms with Crippen molar-refractivity contribution in [3.63, 3.8) is 0 Å². The Morgan fingerprint density at radius 1 is 1.00 bits per heavy atom. The second-order valence-corrected chi connectivity index (χ2v) is 6.91. The summed E-state index contributed by atoms with van der Waals surface area (Å²) in [6.45, 7) is 1.36. The van der Waals surface area contributed by atoms with Crippen LogP contribution in [0.3, 0.4) is 0 Å². The van der Waals surface area contributed by atoms with Gasteiger partial charge in [-0.1, -0.05) is 18.2 Å². The fraction of sp³-hybridized carbons (Fsp3) is 0.143. The van der Waals surface area contributed by atoms with Gasteiger partial charge in [0.1, 0.15) is 0 Å². The summed E-state index contributed by atoms with van der Waals surface area (Å²) in [7, 11) is 0. The van der Waals surface area contributed by atoms with Crippen LogP contribution in [0.5, 0.6) is 0 Å². The van der Waals surface area contributed by atoms with Gasteiger partial charge >= 0.3 is 0 Å². The predicted molar refractivity (Wildman–Crippen MR) is 110 cm³/mol. The Labute approximate surface area is 162 Å². The van der Waals surface area contributed by atoms with E-state index in [2.05, 4.69) is 27.0 Å². The molecule has 0 spiro atoms. The van der Waals surface area contributed by atoms with E-state index in [0.29, 0.717) is 24.2 Å². The Hall–Kier alpha value is -3.12. The lowest BCUT2D eigenvalue weighted by Gasteiger charge is -2.24. The highest BCUT2D eigenvalue weighted by Gasteiger charge is 2.11. The van der Waals surface area contributed by atoms with Gasteiger partial charge in [0.25, 0.3) is 0 Å². The smallest absolute Gasteiger partial charge is 0.248 e. The molecule has 0 radical (unpaired) electrons. The number of thiophene rings is 1. The molecule has 0 bridgehead atoms. The lowest BCUT2D eigenvalue weighted by molar-refractivity contribution is -0.116. The monoisotopic (exact) mass is 379 g/mol. The molecule has 2 aromatic carbocycles. The van der Waals surface area contributed by atoms with Gasteiger partial charge in [-0.3, -0.25) is 9.59 Å². The molecule has 0 fully saturated rings. The van der Waals surface area contributed by atoms with Crippen LogP contribution in [-0.4, -0.2) is 18.4 Å². The van der Waals surface area contributed by atoms with Crippen molar-refractivity contribution in [3.8, 4) is 0 Å². The summed E-state index contributed by atoms with van der Waals surface area (Å²) in [5.41, 5.74) is 8.60. The number of nitrogens with two attached hydrogens (primary N) is 1. The van der Waals surface area contributed by atoms with E-state index in [0.717, 1.165) is 12.2 Å². The average molecular weight is 379 g/mol. The van der Waals surface area contributed by atoms with Crippen LogP contribution in [0, 0.1) is 0 Å². The molecule has 27 heavy (non-hydrogen) atoms. The van der Waals surface area contributed by atoms with Gasteiger partial charge < -0.3 is 16.0 Å². The summed E-state index contributed by atoms with van der Waals surface area (Å²) in [6, 6.07) is 18.7. The van der Waals surface area contributed by atoms with Crippen LogP contribution >= 0.6 is 11.3 Å². The number of primary amides is 1. The van der Waals surface area contributed by atoms with E-state index in [4.69, 9.17) is 5.73 Å². The Morgan fingerprint density at radius 3 is 2.37 bits per heavy atom. The number of benzene rings is 2. The summed E-state index contributed by atoms with van der Waals surface area (Å²) >= 11 is 1.67. The largest absolute Gasteiger partial charge is 0.367 e. The van der Waals surface area contributed by atoms with Gasteiger partial charge in [-0.25, -0.2) is 0 Å². The Morgan fingerprint density at radius 2 is 1.74 bits per heavy atom. The number of amides is 2. The van der Waals surface area contributed by atoms with Crippen LogP contribution in [0.4, 0.5) is 11.4 Å². The van der Waals surface area contributed by atoms with Gasteiger partial charge in [-0.15, -0.1) is 0 Å². The first-order valence-corrected chi connectivity index (χ1v) is 9.57. The molecule has 138 valence electrons. The molecule has 0 saturated carbocycles. The first-order valence-electron chi connectivity index (χ1n) is 8.62. The topological polar surface area (TPSA) is 75.4 Å². The summed E-state index contributed by atoms with van der Waals surface area (Å²) in [5.74, 6) is -0.562. The number of hydrogen-bond acceptors (Lipinski definition) is 4. The number of carbonyl (C=O) groups is 2. The number of carbonyl (C=O) groups excluding carboxylic acids is 2. The van der Waals surface area contributed by atoms with E-state index in [1.807, 2.05) is 30.3 Å². The van der Waals surface area contributed by atoms with Crippen molar-refractivity contribution in [2.45, 2.75) is 13.0 Å². The van der Waals surface area contributed by atoms with E-state index < -0.39 is 5.91 Å². The SMILES string of the molecule is NC(=O)c1ccc(NC(=O)CCN(Cc2ccsc2)c2ccccc2)cc1. The van der Waals surface area contributed by atoms with Gasteiger partial charge in [0.15, 0.2) is 0 Å². The minimum absolute atomic E-state index is 0.0759. The third-order valence-corrected chi connectivity index (χ3v) is 4.87. The molecular weight excluding hydrogens is 358 g/mol. The van der Waals surface area contributed by atoms with Crippen LogP contribution in [0.15, 0.2) is 71.4 Å². The molecule has 3 rings (SSSR count). The van der Waals surface area contributed by atoms with Crippen molar-refractivity contribution in [1.29, 1.82) is 0 Å². The minimum Gasteiger partial charge on any atom is -0.367 e. The third kappa shape index (κ3) is 5.43.